The van der Waals surface area contributed by atoms with E-state index in [-0.39, 0.29) is 15.2 Å². The zero-order valence-electron chi connectivity index (χ0n) is 13.8. The van der Waals surface area contributed by atoms with Crippen LogP contribution >= 0.6 is 34.8 Å². The van der Waals surface area contributed by atoms with Crippen LogP contribution in [0.4, 0.5) is 0 Å². The number of likely N-dealkylation sites (tertiary alicyclic amines) is 2. The van der Waals surface area contributed by atoms with Gasteiger partial charge in [-0.25, -0.2) is 0 Å². The highest BCUT2D eigenvalue weighted by Crippen LogP contribution is 2.32. The van der Waals surface area contributed by atoms with E-state index in [9.17, 15) is 10.1 Å². The maximum Gasteiger partial charge on any atom is 0.330 e. The van der Waals surface area contributed by atoms with Crippen molar-refractivity contribution in [3.8, 4) is 0 Å². The summed E-state index contributed by atoms with van der Waals surface area (Å²) in [6.45, 7) is 3.20. The molecule has 0 bridgehead atoms. The van der Waals surface area contributed by atoms with E-state index < -0.39 is 4.92 Å². The summed E-state index contributed by atoms with van der Waals surface area (Å²) in [5.74, 6) is 0.590. The van der Waals surface area contributed by atoms with E-state index in [4.69, 9.17) is 34.8 Å². The third-order valence-electron chi connectivity index (χ3n) is 4.58. The first-order valence-corrected chi connectivity index (χ1v) is 9.75. The lowest BCUT2D eigenvalue weighted by Crippen LogP contribution is -2.39. The molecule has 136 valence electrons. The predicted octanol–water partition coefficient (Wildman–Crippen LogP) is 5.07. The number of hydrogen-bond acceptors (Lipinski definition) is 4. The molecule has 24 heavy (non-hydrogen) atoms. The Labute approximate surface area is 158 Å². The molecule has 0 saturated carbocycles. The second kappa shape index (κ2) is 9.73. The summed E-state index contributed by atoms with van der Waals surface area (Å²) in [4.78, 5) is 15.6. The van der Waals surface area contributed by atoms with Crippen LogP contribution in [0.15, 0.2) is 21.0 Å². The van der Waals surface area contributed by atoms with Gasteiger partial charge in [0.15, 0.2) is 10.9 Å². The summed E-state index contributed by atoms with van der Waals surface area (Å²) in [6, 6.07) is 0. The SMILES string of the molecule is O=[N+]([O-])C(C(Cl)=C(Cl)Cl)=C(N1CCCCCC1)N1CCCCCC1. The highest BCUT2D eigenvalue weighted by atomic mass is 35.5. The third-order valence-corrected chi connectivity index (χ3v) is 5.52. The molecule has 2 aliphatic heterocycles. The topological polar surface area (TPSA) is 49.6 Å². The minimum atomic E-state index is -0.446. The van der Waals surface area contributed by atoms with Crippen molar-refractivity contribution < 1.29 is 4.92 Å². The molecule has 0 spiro atoms. The number of nitro groups is 1. The van der Waals surface area contributed by atoms with Crippen LogP contribution < -0.4 is 0 Å². The Hall–Kier alpha value is -0.650. The fraction of sp³-hybridized carbons (Fsp3) is 0.750. The molecular weight excluding hydrogens is 373 g/mol. The molecule has 0 unspecified atom stereocenters. The molecule has 0 aromatic carbocycles. The van der Waals surface area contributed by atoms with Gasteiger partial charge in [0.05, 0.1) is 4.92 Å². The van der Waals surface area contributed by atoms with Crippen LogP contribution in [0.3, 0.4) is 0 Å². The summed E-state index contributed by atoms with van der Waals surface area (Å²) in [6.07, 6.45) is 8.71. The van der Waals surface area contributed by atoms with E-state index in [1.165, 1.54) is 0 Å². The van der Waals surface area contributed by atoms with E-state index in [0.717, 1.165) is 77.5 Å². The van der Waals surface area contributed by atoms with Crippen LogP contribution in [0.1, 0.15) is 51.4 Å². The van der Waals surface area contributed by atoms with Gasteiger partial charge in [-0.15, -0.1) is 0 Å². The largest absolute Gasteiger partial charge is 0.353 e. The molecule has 8 heteroatoms. The van der Waals surface area contributed by atoms with Gasteiger partial charge in [0.1, 0.15) is 4.49 Å². The molecule has 2 saturated heterocycles. The zero-order valence-corrected chi connectivity index (χ0v) is 16.0. The second-order valence-electron chi connectivity index (χ2n) is 6.31. The lowest BCUT2D eigenvalue weighted by Gasteiger charge is -2.34. The quantitative estimate of drug-likeness (QED) is 0.378. The molecule has 5 nitrogen and oxygen atoms in total. The summed E-state index contributed by atoms with van der Waals surface area (Å²) < 4.78 is -0.259. The number of rotatable bonds is 4. The summed E-state index contributed by atoms with van der Waals surface area (Å²) in [5.41, 5.74) is -0.166. The molecule has 2 aliphatic rings. The lowest BCUT2D eigenvalue weighted by molar-refractivity contribution is -0.423. The molecule has 2 heterocycles. The van der Waals surface area contributed by atoms with Gasteiger partial charge in [-0.3, -0.25) is 10.1 Å². The maximum atomic E-state index is 11.8. The fourth-order valence-electron chi connectivity index (χ4n) is 3.41. The number of nitrogens with zero attached hydrogens (tertiary/aromatic N) is 3. The van der Waals surface area contributed by atoms with Gasteiger partial charge < -0.3 is 9.80 Å². The highest BCUT2D eigenvalue weighted by molar-refractivity contribution is 6.59. The first kappa shape index (κ1) is 19.7. The van der Waals surface area contributed by atoms with E-state index in [1.54, 1.807) is 0 Å². The fourth-order valence-corrected chi connectivity index (χ4v) is 3.75. The van der Waals surface area contributed by atoms with Crippen LogP contribution in [0.25, 0.3) is 0 Å². The third kappa shape index (κ3) is 5.17. The minimum absolute atomic E-state index is 0.166. The lowest BCUT2D eigenvalue weighted by atomic mass is 10.2. The standard InChI is InChI=1S/C16H24Cl3N3O2/c17-13(15(18)19)14(22(23)24)16(20-9-5-1-2-6-10-20)21-11-7-3-4-8-12-21/h1-12H2. The molecule has 0 amide bonds. The Balaban J connectivity index is 2.51. The highest BCUT2D eigenvalue weighted by Gasteiger charge is 2.33. The van der Waals surface area contributed by atoms with Crippen LogP contribution in [-0.4, -0.2) is 40.9 Å². The molecule has 2 rings (SSSR count). The maximum absolute atomic E-state index is 11.8. The Kier molecular flexibility index (Phi) is 7.98. The molecule has 0 aromatic rings. The first-order chi connectivity index (χ1) is 11.5. The molecule has 0 aromatic heterocycles. The van der Waals surface area contributed by atoms with Gasteiger partial charge in [0, 0.05) is 26.2 Å². The van der Waals surface area contributed by atoms with Crippen LogP contribution in [0.5, 0.6) is 0 Å². The Bertz CT molecular complexity index is 481. The van der Waals surface area contributed by atoms with Gasteiger partial charge in [-0.05, 0) is 25.7 Å². The van der Waals surface area contributed by atoms with E-state index in [2.05, 4.69) is 9.80 Å². The predicted molar refractivity (Wildman–Crippen MR) is 98.7 cm³/mol. The van der Waals surface area contributed by atoms with Gasteiger partial charge in [0.25, 0.3) is 0 Å². The summed E-state index contributed by atoms with van der Waals surface area (Å²) in [5, 5.41) is 11.6. The summed E-state index contributed by atoms with van der Waals surface area (Å²) >= 11 is 17.7. The van der Waals surface area contributed by atoms with Crippen molar-refractivity contribution in [2.75, 3.05) is 26.2 Å². The molecule has 0 N–H and O–H groups in total. The van der Waals surface area contributed by atoms with Crippen LogP contribution in [-0.2, 0) is 0 Å². The molecular formula is C16H24Cl3N3O2. The minimum Gasteiger partial charge on any atom is -0.353 e. The van der Waals surface area contributed by atoms with E-state index in [1.807, 2.05) is 0 Å². The normalized spacial score (nSPS) is 19.3. The van der Waals surface area contributed by atoms with Crippen LogP contribution in [0.2, 0.25) is 0 Å². The van der Waals surface area contributed by atoms with Crippen molar-refractivity contribution in [3.63, 3.8) is 0 Å². The number of allylic oxidation sites excluding steroid dienone is 1. The monoisotopic (exact) mass is 395 g/mol. The second-order valence-corrected chi connectivity index (χ2v) is 7.63. The Morgan fingerprint density at radius 3 is 1.42 bits per heavy atom. The number of hydrogen-bond donors (Lipinski definition) is 0. The molecule has 2 fully saturated rings. The van der Waals surface area contributed by atoms with Gasteiger partial charge >= 0.3 is 5.70 Å². The van der Waals surface area contributed by atoms with E-state index >= 15 is 0 Å². The van der Waals surface area contributed by atoms with Gasteiger partial charge in [-0.2, -0.15) is 0 Å². The van der Waals surface area contributed by atoms with Gasteiger partial charge in [-0.1, -0.05) is 60.5 Å². The van der Waals surface area contributed by atoms with Crippen molar-refractivity contribution >= 4 is 34.8 Å². The van der Waals surface area contributed by atoms with Gasteiger partial charge in [0.2, 0.25) is 0 Å². The van der Waals surface area contributed by atoms with Crippen molar-refractivity contribution in [3.05, 3.63) is 31.2 Å². The first-order valence-electron chi connectivity index (χ1n) is 8.62. The van der Waals surface area contributed by atoms with Crippen molar-refractivity contribution in [2.24, 2.45) is 0 Å². The molecule has 0 atom stereocenters. The Morgan fingerprint density at radius 2 is 1.12 bits per heavy atom. The smallest absolute Gasteiger partial charge is 0.330 e. The Morgan fingerprint density at radius 1 is 0.750 bits per heavy atom. The molecule has 0 radical (unpaired) electrons. The molecule has 0 aliphatic carbocycles. The summed E-state index contributed by atoms with van der Waals surface area (Å²) in [7, 11) is 0. The van der Waals surface area contributed by atoms with Crippen molar-refractivity contribution in [1.82, 2.24) is 9.80 Å². The average molecular weight is 397 g/mol. The van der Waals surface area contributed by atoms with E-state index in [0.29, 0.717) is 5.82 Å². The average Bonchev–Trinajstić information content (AvgIpc) is 2.96. The number of halogens is 3. The van der Waals surface area contributed by atoms with Crippen molar-refractivity contribution in [2.45, 2.75) is 51.4 Å². The van der Waals surface area contributed by atoms with Crippen molar-refractivity contribution in [1.29, 1.82) is 0 Å². The van der Waals surface area contributed by atoms with Crippen LogP contribution in [0, 0.1) is 10.1 Å². The zero-order chi connectivity index (χ0) is 17.5.